The van der Waals surface area contributed by atoms with E-state index in [0.717, 1.165) is 38.9 Å². The number of hydrogen-bond acceptors (Lipinski definition) is 4. The van der Waals surface area contributed by atoms with E-state index in [4.69, 9.17) is 20.8 Å². The highest BCUT2D eigenvalue weighted by molar-refractivity contribution is 6.32. The Balaban J connectivity index is 1.49. The lowest BCUT2D eigenvalue weighted by atomic mass is 10.1. The fourth-order valence-electron chi connectivity index (χ4n) is 3.37. The zero-order chi connectivity index (χ0) is 22.1. The van der Waals surface area contributed by atoms with Crippen LogP contribution >= 0.6 is 11.6 Å². The van der Waals surface area contributed by atoms with Gasteiger partial charge in [0.1, 0.15) is 11.3 Å². The first kappa shape index (κ1) is 20.9. The molecule has 0 unspecified atom stereocenters. The number of benzene rings is 3. The number of carbonyl (C=O) groups excluding carboxylic acids is 1. The van der Waals surface area contributed by atoms with Crippen molar-refractivity contribution in [1.82, 2.24) is 4.98 Å². The third kappa shape index (κ3) is 4.57. The number of nitrogens with zero attached hydrogens (tertiary/aromatic N) is 1. The van der Waals surface area contributed by atoms with Gasteiger partial charge in [0, 0.05) is 16.3 Å². The summed E-state index contributed by atoms with van der Waals surface area (Å²) < 4.78 is 11.6. The fourth-order valence-corrected chi connectivity index (χ4v) is 3.48. The number of halogens is 1. The number of anilines is 1. The number of ether oxygens (including phenoxy) is 1. The Labute approximate surface area is 186 Å². The average Bonchev–Trinajstić information content (AvgIpc) is 3.15. The monoisotopic (exact) mass is 434 g/mol. The summed E-state index contributed by atoms with van der Waals surface area (Å²) in [4.78, 5) is 17.1. The smallest absolute Gasteiger partial charge is 0.262 e. The molecule has 0 aliphatic heterocycles. The second-order valence-electron chi connectivity index (χ2n) is 7.73. The van der Waals surface area contributed by atoms with Crippen LogP contribution in [0.3, 0.4) is 0 Å². The molecule has 0 spiro atoms. The van der Waals surface area contributed by atoms with Gasteiger partial charge in [0.15, 0.2) is 12.2 Å². The van der Waals surface area contributed by atoms with Gasteiger partial charge in [-0.05, 0) is 86.3 Å². The Kier molecular flexibility index (Phi) is 5.70. The van der Waals surface area contributed by atoms with E-state index >= 15 is 0 Å². The van der Waals surface area contributed by atoms with E-state index in [-0.39, 0.29) is 12.5 Å². The van der Waals surface area contributed by atoms with Gasteiger partial charge >= 0.3 is 0 Å². The summed E-state index contributed by atoms with van der Waals surface area (Å²) in [5.41, 5.74) is 6.88. The van der Waals surface area contributed by atoms with Gasteiger partial charge in [-0.15, -0.1) is 0 Å². The Morgan fingerprint density at radius 1 is 1.00 bits per heavy atom. The Morgan fingerprint density at radius 2 is 1.74 bits per heavy atom. The summed E-state index contributed by atoms with van der Waals surface area (Å²) in [5, 5.41) is 3.62. The average molecular weight is 435 g/mol. The van der Waals surface area contributed by atoms with Gasteiger partial charge in [0.2, 0.25) is 5.89 Å². The first-order valence-corrected chi connectivity index (χ1v) is 10.4. The summed E-state index contributed by atoms with van der Waals surface area (Å²) in [6.07, 6.45) is 0. The zero-order valence-corrected chi connectivity index (χ0v) is 18.6. The maximum absolute atomic E-state index is 12.5. The number of nitrogens with one attached hydrogen (secondary N) is 1. The second-order valence-corrected chi connectivity index (χ2v) is 8.11. The number of aryl methyl sites for hydroxylation is 4. The van der Waals surface area contributed by atoms with E-state index in [1.54, 1.807) is 0 Å². The molecule has 1 amide bonds. The normalized spacial score (nSPS) is 11.0. The first-order valence-electron chi connectivity index (χ1n) is 9.98. The third-order valence-corrected chi connectivity index (χ3v) is 5.68. The van der Waals surface area contributed by atoms with Gasteiger partial charge in [-0.2, -0.15) is 0 Å². The molecule has 0 saturated carbocycles. The van der Waals surface area contributed by atoms with E-state index in [2.05, 4.69) is 10.3 Å². The van der Waals surface area contributed by atoms with Crippen molar-refractivity contribution in [3.63, 3.8) is 0 Å². The van der Waals surface area contributed by atoms with Gasteiger partial charge in [-0.25, -0.2) is 4.98 Å². The highest BCUT2D eigenvalue weighted by Crippen LogP contribution is 2.29. The minimum absolute atomic E-state index is 0.105. The lowest BCUT2D eigenvalue weighted by molar-refractivity contribution is -0.118. The summed E-state index contributed by atoms with van der Waals surface area (Å²) in [7, 11) is 0. The highest BCUT2D eigenvalue weighted by atomic mass is 35.5. The van der Waals surface area contributed by atoms with Gasteiger partial charge in [0.25, 0.3) is 5.91 Å². The molecule has 0 atom stereocenters. The number of amides is 1. The molecule has 1 aromatic heterocycles. The molecule has 0 bridgehead atoms. The van der Waals surface area contributed by atoms with E-state index < -0.39 is 0 Å². The Bertz CT molecular complexity index is 1270. The predicted octanol–water partition coefficient (Wildman–Crippen LogP) is 6.40. The molecular weight excluding hydrogens is 412 g/mol. The van der Waals surface area contributed by atoms with Crippen LogP contribution in [0.5, 0.6) is 5.75 Å². The lowest BCUT2D eigenvalue weighted by Gasteiger charge is -2.12. The SMILES string of the molecule is Cc1ccc2nc(-c3ccc(C)c(NC(=O)COc4cc(C)c(Cl)c(C)c4)c3)oc2c1. The minimum atomic E-state index is -0.251. The first-order chi connectivity index (χ1) is 14.8. The molecule has 1 heterocycles. The Morgan fingerprint density at radius 3 is 2.48 bits per heavy atom. The highest BCUT2D eigenvalue weighted by Gasteiger charge is 2.13. The molecule has 0 aliphatic carbocycles. The van der Waals surface area contributed by atoms with Crippen LogP contribution < -0.4 is 10.1 Å². The molecule has 4 aromatic rings. The minimum Gasteiger partial charge on any atom is -0.484 e. The van der Waals surface area contributed by atoms with Crippen molar-refractivity contribution in [2.24, 2.45) is 0 Å². The van der Waals surface area contributed by atoms with Crippen molar-refractivity contribution in [2.45, 2.75) is 27.7 Å². The zero-order valence-electron chi connectivity index (χ0n) is 17.9. The molecular formula is C25H23ClN2O3. The molecule has 4 rings (SSSR count). The van der Waals surface area contributed by atoms with E-state index in [9.17, 15) is 4.79 Å². The fraction of sp³-hybridized carbons (Fsp3) is 0.200. The van der Waals surface area contributed by atoms with E-state index in [0.29, 0.717) is 22.4 Å². The number of fused-ring (bicyclic) bond motifs is 1. The predicted molar refractivity (Wildman–Crippen MR) is 124 cm³/mol. The van der Waals surface area contributed by atoms with Crippen LogP contribution in [0.25, 0.3) is 22.6 Å². The summed E-state index contributed by atoms with van der Waals surface area (Å²) >= 11 is 6.19. The van der Waals surface area contributed by atoms with Crippen LogP contribution in [0.15, 0.2) is 52.9 Å². The van der Waals surface area contributed by atoms with Gasteiger partial charge in [-0.1, -0.05) is 23.7 Å². The van der Waals surface area contributed by atoms with Gasteiger partial charge in [-0.3, -0.25) is 4.79 Å². The van der Waals surface area contributed by atoms with Crippen molar-refractivity contribution in [3.05, 3.63) is 75.8 Å². The molecule has 0 aliphatic rings. The van der Waals surface area contributed by atoms with E-state index in [1.807, 2.05) is 76.2 Å². The van der Waals surface area contributed by atoms with Gasteiger partial charge in [0.05, 0.1) is 0 Å². The van der Waals surface area contributed by atoms with Crippen molar-refractivity contribution < 1.29 is 13.9 Å². The summed E-state index contributed by atoms with van der Waals surface area (Å²) in [6, 6.07) is 15.3. The number of hydrogen-bond donors (Lipinski definition) is 1. The molecule has 5 nitrogen and oxygen atoms in total. The van der Waals surface area contributed by atoms with Crippen LogP contribution in [0, 0.1) is 27.7 Å². The van der Waals surface area contributed by atoms with Crippen molar-refractivity contribution in [1.29, 1.82) is 0 Å². The van der Waals surface area contributed by atoms with Crippen molar-refractivity contribution >= 4 is 34.3 Å². The second kappa shape index (κ2) is 8.44. The van der Waals surface area contributed by atoms with Crippen molar-refractivity contribution in [3.8, 4) is 17.2 Å². The molecule has 158 valence electrons. The largest absolute Gasteiger partial charge is 0.484 e. The van der Waals surface area contributed by atoms with Crippen LogP contribution in [-0.2, 0) is 4.79 Å². The molecule has 6 heteroatoms. The summed E-state index contributed by atoms with van der Waals surface area (Å²) in [5.74, 6) is 0.875. The molecule has 0 fully saturated rings. The summed E-state index contributed by atoms with van der Waals surface area (Å²) in [6.45, 7) is 7.65. The van der Waals surface area contributed by atoms with Gasteiger partial charge < -0.3 is 14.5 Å². The lowest BCUT2D eigenvalue weighted by Crippen LogP contribution is -2.20. The third-order valence-electron chi connectivity index (χ3n) is 5.08. The molecule has 31 heavy (non-hydrogen) atoms. The molecule has 0 radical (unpaired) electrons. The molecule has 1 N–H and O–H groups in total. The topological polar surface area (TPSA) is 64.4 Å². The molecule has 0 saturated heterocycles. The number of rotatable bonds is 5. The molecule has 3 aromatic carbocycles. The quantitative estimate of drug-likeness (QED) is 0.394. The maximum atomic E-state index is 12.5. The number of carbonyl (C=O) groups is 1. The standard InChI is InChI=1S/C25H23ClN2O3/c1-14-5-8-20-22(9-14)31-25(28-20)18-7-6-15(2)21(12-18)27-23(29)13-30-19-10-16(3)24(26)17(4)11-19/h5-12H,13H2,1-4H3,(H,27,29). The number of aromatic nitrogens is 1. The maximum Gasteiger partial charge on any atom is 0.262 e. The van der Waals surface area contributed by atoms with E-state index in [1.165, 1.54) is 0 Å². The number of oxazole rings is 1. The van der Waals surface area contributed by atoms with Crippen LogP contribution in [-0.4, -0.2) is 17.5 Å². The van der Waals surface area contributed by atoms with Crippen LogP contribution in [0.1, 0.15) is 22.3 Å². The van der Waals surface area contributed by atoms with Crippen LogP contribution in [0.2, 0.25) is 5.02 Å². The Hall–Kier alpha value is -3.31. The van der Waals surface area contributed by atoms with Crippen molar-refractivity contribution in [2.75, 3.05) is 11.9 Å². The van der Waals surface area contributed by atoms with Crippen LogP contribution in [0.4, 0.5) is 5.69 Å².